The van der Waals surface area contributed by atoms with Crippen molar-refractivity contribution in [3.63, 3.8) is 0 Å². The number of hydrogen-bond acceptors (Lipinski definition) is 6. The average Bonchev–Trinajstić information content (AvgIpc) is 3.28. The number of carbonyl (C=O) groups excluding carboxylic acids is 3. The molecule has 0 saturated carbocycles. The fourth-order valence-corrected chi connectivity index (χ4v) is 6.72. The van der Waals surface area contributed by atoms with Crippen LogP contribution in [0.4, 0.5) is 0 Å². The number of rotatable bonds is 45. The maximum absolute atomic E-state index is 12.7. The van der Waals surface area contributed by atoms with Crippen molar-refractivity contribution < 1.29 is 28.6 Å². The van der Waals surface area contributed by atoms with Gasteiger partial charge in [0, 0.05) is 19.3 Å². The summed E-state index contributed by atoms with van der Waals surface area (Å²) in [7, 11) is 0. The van der Waals surface area contributed by atoms with Gasteiger partial charge in [-0.3, -0.25) is 14.4 Å². The fourth-order valence-electron chi connectivity index (χ4n) is 6.72. The molecular formula is C57H94O6. The molecule has 0 saturated heterocycles. The molecule has 0 fully saturated rings. The van der Waals surface area contributed by atoms with Crippen LogP contribution in [0, 0.1) is 0 Å². The Bertz CT molecular complexity index is 1280. The van der Waals surface area contributed by atoms with Crippen LogP contribution in [-0.2, 0) is 28.6 Å². The summed E-state index contributed by atoms with van der Waals surface area (Å²) in [4.78, 5) is 37.7. The molecule has 0 aliphatic carbocycles. The van der Waals surface area contributed by atoms with Crippen LogP contribution in [0.2, 0.25) is 0 Å². The molecule has 6 nitrogen and oxygen atoms in total. The lowest BCUT2D eigenvalue weighted by Crippen LogP contribution is -2.30. The van der Waals surface area contributed by atoms with Crippen LogP contribution in [0.5, 0.6) is 0 Å². The molecule has 358 valence electrons. The minimum Gasteiger partial charge on any atom is -0.462 e. The molecule has 0 radical (unpaired) electrons. The zero-order chi connectivity index (χ0) is 45.8. The van der Waals surface area contributed by atoms with Gasteiger partial charge in [-0.15, -0.1) is 0 Å². The Hall–Kier alpha value is -3.67. The zero-order valence-electron chi connectivity index (χ0n) is 40.8. The number of esters is 3. The number of allylic oxidation sites excluding steroid dienone is 16. The van der Waals surface area contributed by atoms with Crippen LogP contribution in [0.15, 0.2) is 97.2 Å². The Labute approximate surface area is 387 Å². The summed E-state index contributed by atoms with van der Waals surface area (Å²) < 4.78 is 16.7. The Morgan fingerprint density at radius 2 is 0.651 bits per heavy atom. The molecular weight excluding hydrogens is 781 g/mol. The van der Waals surface area contributed by atoms with Gasteiger partial charge in [-0.05, 0) is 96.3 Å². The largest absolute Gasteiger partial charge is 0.462 e. The van der Waals surface area contributed by atoms with Gasteiger partial charge < -0.3 is 14.2 Å². The highest BCUT2D eigenvalue weighted by Crippen LogP contribution is 2.13. The summed E-state index contributed by atoms with van der Waals surface area (Å²) in [6.07, 6.45) is 67.0. The first kappa shape index (κ1) is 59.3. The molecule has 0 aliphatic rings. The summed E-state index contributed by atoms with van der Waals surface area (Å²) in [6, 6.07) is 0. The van der Waals surface area contributed by atoms with Crippen molar-refractivity contribution in [2.45, 2.75) is 232 Å². The lowest BCUT2D eigenvalue weighted by molar-refractivity contribution is -0.167. The smallest absolute Gasteiger partial charge is 0.306 e. The van der Waals surface area contributed by atoms with E-state index in [0.29, 0.717) is 19.3 Å². The van der Waals surface area contributed by atoms with Crippen molar-refractivity contribution in [3.05, 3.63) is 97.2 Å². The third kappa shape index (κ3) is 49.2. The van der Waals surface area contributed by atoms with Gasteiger partial charge in [-0.25, -0.2) is 0 Å². The third-order valence-corrected chi connectivity index (χ3v) is 10.6. The maximum atomic E-state index is 12.7. The van der Waals surface area contributed by atoms with E-state index < -0.39 is 6.10 Å². The van der Waals surface area contributed by atoms with E-state index in [2.05, 4.69) is 118 Å². The van der Waals surface area contributed by atoms with E-state index in [4.69, 9.17) is 14.2 Å². The topological polar surface area (TPSA) is 78.9 Å². The Kier molecular flexibility index (Phi) is 48.0. The molecule has 0 bridgehead atoms. The zero-order valence-corrected chi connectivity index (χ0v) is 40.8. The molecule has 0 aromatic rings. The summed E-state index contributed by atoms with van der Waals surface area (Å²) in [5.74, 6) is -0.928. The lowest BCUT2D eigenvalue weighted by atomic mass is 10.1. The molecule has 0 amide bonds. The van der Waals surface area contributed by atoms with Gasteiger partial charge in [0.1, 0.15) is 13.2 Å². The lowest BCUT2D eigenvalue weighted by Gasteiger charge is -2.18. The number of unbranched alkanes of at least 4 members (excludes halogenated alkanes) is 18. The average molecular weight is 875 g/mol. The number of ether oxygens (including phenoxy) is 3. The molecule has 63 heavy (non-hydrogen) atoms. The molecule has 0 aliphatic heterocycles. The van der Waals surface area contributed by atoms with Gasteiger partial charge in [-0.1, -0.05) is 208 Å². The van der Waals surface area contributed by atoms with Crippen LogP contribution < -0.4 is 0 Å². The van der Waals surface area contributed by atoms with E-state index in [1.807, 2.05) is 0 Å². The molecule has 1 atom stereocenters. The van der Waals surface area contributed by atoms with Crippen LogP contribution in [-0.4, -0.2) is 37.2 Å². The molecule has 0 spiro atoms. The Morgan fingerprint density at radius 1 is 0.333 bits per heavy atom. The highest BCUT2D eigenvalue weighted by atomic mass is 16.6. The van der Waals surface area contributed by atoms with E-state index in [1.165, 1.54) is 44.9 Å². The van der Waals surface area contributed by atoms with Gasteiger partial charge >= 0.3 is 17.9 Å². The first-order valence-corrected chi connectivity index (χ1v) is 25.7. The van der Waals surface area contributed by atoms with E-state index in [0.717, 1.165) is 141 Å². The van der Waals surface area contributed by atoms with Gasteiger partial charge in [-0.2, -0.15) is 0 Å². The predicted molar refractivity (Wildman–Crippen MR) is 270 cm³/mol. The highest BCUT2D eigenvalue weighted by molar-refractivity contribution is 5.71. The first-order chi connectivity index (χ1) is 31.0. The highest BCUT2D eigenvalue weighted by Gasteiger charge is 2.19. The predicted octanol–water partition coefficient (Wildman–Crippen LogP) is 17.0. The second-order valence-electron chi connectivity index (χ2n) is 16.7. The first-order valence-electron chi connectivity index (χ1n) is 25.7. The van der Waals surface area contributed by atoms with Gasteiger partial charge in [0.2, 0.25) is 0 Å². The molecule has 0 aromatic heterocycles. The van der Waals surface area contributed by atoms with Gasteiger partial charge in [0.25, 0.3) is 0 Å². The van der Waals surface area contributed by atoms with Crippen molar-refractivity contribution in [1.82, 2.24) is 0 Å². The van der Waals surface area contributed by atoms with Crippen molar-refractivity contribution in [3.8, 4) is 0 Å². The van der Waals surface area contributed by atoms with Crippen molar-refractivity contribution in [1.29, 1.82) is 0 Å². The van der Waals surface area contributed by atoms with Crippen molar-refractivity contribution >= 4 is 17.9 Å². The van der Waals surface area contributed by atoms with E-state index >= 15 is 0 Å². The minimum absolute atomic E-state index is 0.0870. The van der Waals surface area contributed by atoms with Crippen LogP contribution >= 0.6 is 0 Å². The van der Waals surface area contributed by atoms with E-state index in [-0.39, 0.29) is 31.1 Å². The Balaban J connectivity index is 4.23. The van der Waals surface area contributed by atoms with E-state index in [1.54, 1.807) is 0 Å². The molecule has 0 rings (SSSR count). The second-order valence-corrected chi connectivity index (χ2v) is 16.7. The number of hydrogen-bond donors (Lipinski definition) is 0. The summed E-state index contributed by atoms with van der Waals surface area (Å²) >= 11 is 0. The summed E-state index contributed by atoms with van der Waals surface area (Å²) in [5, 5.41) is 0. The minimum atomic E-state index is -0.786. The standard InChI is InChI=1S/C57H94O6/c1-4-7-10-13-16-19-21-22-23-24-25-26-27-28-29-30-31-32-33-34-35-36-37-39-41-44-47-50-56(59)62-53-54(52-61-55(58)49-46-43-40-18-15-12-9-6-3)63-57(60)51-48-45-42-38-20-17-14-11-8-5-2/h7,10-11,14,16,19,22-23,25-26,28-29,31-32,34-35,54H,4-6,8-9,12-13,15,17-18,20-21,24,27,30,33,36-53H2,1-3H3/b10-7-,14-11-,19-16-,23-22-,26-25-,29-28-,32-31-,35-34-. The van der Waals surface area contributed by atoms with Crippen LogP contribution in [0.1, 0.15) is 226 Å². The summed E-state index contributed by atoms with van der Waals surface area (Å²) in [5.41, 5.74) is 0. The van der Waals surface area contributed by atoms with Crippen LogP contribution in [0.25, 0.3) is 0 Å². The summed E-state index contributed by atoms with van der Waals surface area (Å²) in [6.45, 7) is 6.39. The molecule has 1 unspecified atom stereocenters. The van der Waals surface area contributed by atoms with E-state index in [9.17, 15) is 14.4 Å². The fraction of sp³-hybridized carbons (Fsp3) is 0.667. The molecule has 6 heteroatoms. The van der Waals surface area contributed by atoms with Crippen LogP contribution in [0.3, 0.4) is 0 Å². The van der Waals surface area contributed by atoms with Crippen molar-refractivity contribution in [2.75, 3.05) is 13.2 Å². The van der Waals surface area contributed by atoms with Crippen molar-refractivity contribution in [2.24, 2.45) is 0 Å². The molecule has 0 N–H and O–H groups in total. The quantitative estimate of drug-likeness (QED) is 0.0262. The molecule has 0 aromatic carbocycles. The molecule has 0 heterocycles. The second kappa shape index (κ2) is 51.0. The Morgan fingerprint density at radius 3 is 1.05 bits per heavy atom. The monoisotopic (exact) mass is 875 g/mol. The van der Waals surface area contributed by atoms with Gasteiger partial charge in [0.15, 0.2) is 6.10 Å². The SMILES string of the molecule is CC/C=C\C/C=C\C/C=C\C/C=C\C/C=C\C/C=C\C/C=C\CCCCCCCC(=O)OCC(COC(=O)CCCCCCCCCC)OC(=O)CCCCCCC/C=C\CCC. The normalized spacial score (nSPS) is 12.9. The maximum Gasteiger partial charge on any atom is 0.306 e. The van der Waals surface area contributed by atoms with Gasteiger partial charge in [0.05, 0.1) is 0 Å². The number of carbonyl (C=O) groups is 3. The third-order valence-electron chi connectivity index (χ3n) is 10.6.